The van der Waals surface area contributed by atoms with Crippen LogP contribution in [0.3, 0.4) is 0 Å². The molecule has 33 heavy (non-hydrogen) atoms. The van der Waals surface area contributed by atoms with E-state index in [1.165, 1.54) is 10.7 Å². The van der Waals surface area contributed by atoms with Gasteiger partial charge in [-0.2, -0.15) is 9.40 Å². The average Bonchev–Trinajstić information content (AvgIpc) is 3.25. The van der Waals surface area contributed by atoms with Crippen molar-refractivity contribution < 1.29 is 13.2 Å². The summed E-state index contributed by atoms with van der Waals surface area (Å²) in [5.41, 5.74) is 1.12. The van der Waals surface area contributed by atoms with E-state index in [2.05, 4.69) is 15.3 Å². The topological polar surface area (TPSA) is 87.5 Å². The molecule has 10 heteroatoms. The van der Waals surface area contributed by atoms with E-state index in [0.29, 0.717) is 37.7 Å². The minimum absolute atomic E-state index is 0.0950. The third kappa shape index (κ3) is 5.53. The van der Waals surface area contributed by atoms with Crippen LogP contribution in [0.1, 0.15) is 55.8 Å². The van der Waals surface area contributed by atoms with Gasteiger partial charge in [-0.15, -0.1) is 0 Å². The normalized spacial score (nSPS) is 18.4. The highest BCUT2D eigenvalue weighted by Gasteiger charge is 2.35. The Bertz CT molecular complexity index is 1070. The fourth-order valence-corrected chi connectivity index (χ4v) is 6.29. The van der Waals surface area contributed by atoms with Crippen LogP contribution in [-0.4, -0.2) is 60.6 Å². The van der Waals surface area contributed by atoms with Crippen molar-refractivity contribution in [1.82, 2.24) is 19.4 Å². The number of halogens is 1. The number of nitrogens with one attached hydrogen (secondary N) is 1. The summed E-state index contributed by atoms with van der Waals surface area (Å²) in [7, 11) is -3.90. The number of anilines is 1. The molecule has 2 aliphatic rings. The first-order valence-electron chi connectivity index (χ1n) is 11.8. The summed E-state index contributed by atoms with van der Waals surface area (Å²) in [6.45, 7) is 4.27. The second-order valence-corrected chi connectivity index (χ2v) is 11.1. The number of amides is 1. The maximum absolute atomic E-state index is 13.6. The van der Waals surface area contributed by atoms with Gasteiger partial charge in [0.15, 0.2) is 0 Å². The average molecular weight is 494 g/mol. The molecule has 0 bridgehead atoms. The van der Waals surface area contributed by atoms with Crippen LogP contribution in [-0.2, 0) is 16.6 Å². The Balaban J connectivity index is 1.52. The zero-order chi connectivity index (χ0) is 23.4. The van der Waals surface area contributed by atoms with E-state index in [1.54, 1.807) is 10.9 Å². The van der Waals surface area contributed by atoms with Gasteiger partial charge in [-0.05, 0) is 37.5 Å². The van der Waals surface area contributed by atoms with Gasteiger partial charge in [-0.25, -0.2) is 8.42 Å². The molecule has 0 unspecified atom stereocenters. The molecule has 1 aromatic carbocycles. The first-order chi connectivity index (χ1) is 15.9. The zero-order valence-electron chi connectivity index (χ0n) is 19.0. The summed E-state index contributed by atoms with van der Waals surface area (Å²) in [4.78, 5) is 15.2. The number of hydrogen-bond acceptors (Lipinski definition) is 5. The number of aryl methyl sites for hydroxylation is 1. The Labute approximate surface area is 200 Å². The van der Waals surface area contributed by atoms with E-state index < -0.39 is 10.0 Å². The van der Waals surface area contributed by atoms with Crippen LogP contribution in [0.4, 0.5) is 5.69 Å². The van der Waals surface area contributed by atoms with Crippen LogP contribution in [0.15, 0.2) is 35.5 Å². The predicted octanol–water partition coefficient (Wildman–Crippen LogP) is 3.52. The van der Waals surface area contributed by atoms with Gasteiger partial charge in [-0.3, -0.25) is 9.48 Å². The molecule has 0 radical (unpaired) electrons. The first kappa shape index (κ1) is 24.0. The molecule has 2 fully saturated rings. The van der Waals surface area contributed by atoms with Crippen LogP contribution in [0, 0.1) is 0 Å². The van der Waals surface area contributed by atoms with Gasteiger partial charge in [0.05, 0.1) is 5.56 Å². The van der Waals surface area contributed by atoms with Gasteiger partial charge in [0.1, 0.15) is 0 Å². The monoisotopic (exact) mass is 493 g/mol. The molecule has 1 N–H and O–H groups in total. The number of rotatable bonds is 7. The van der Waals surface area contributed by atoms with E-state index in [-0.39, 0.29) is 22.5 Å². The minimum atomic E-state index is -3.90. The number of carbonyl (C=O) groups excluding carboxylic acids is 1. The minimum Gasteiger partial charge on any atom is -0.369 e. The summed E-state index contributed by atoms with van der Waals surface area (Å²) in [6, 6.07) is 7.65. The van der Waals surface area contributed by atoms with Gasteiger partial charge in [-0.1, -0.05) is 43.9 Å². The Kier molecular flexibility index (Phi) is 7.61. The number of benzene rings is 1. The highest BCUT2D eigenvalue weighted by molar-refractivity contribution is 7.89. The Hall–Kier alpha value is -2.10. The fraction of sp³-hybridized carbons (Fsp3) is 0.565. The highest BCUT2D eigenvalue weighted by atomic mass is 35.5. The van der Waals surface area contributed by atoms with E-state index in [1.807, 2.05) is 31.2 Å². The molecule has 0 spiro atoms. The van der Waals surface area contributed by atoms with Crippen molar-refractivity contribution in [1.29, 1.82) is 0 Å². The third-order valence-electron chi connectivity index (χ3n) is 6.36. The summed E-state index contributed by atoms with van der Waals surface area (Å²) in [5, 5.41) is 7.90. The molecule has 1 saturated carbocycles. The lowest BCUT2D eigenvalue weighted by atomic mass is 9.95. The number of aromatic nitrogens is 2. The summed E-state index contributed by atoms with van der Waals surface area (Å²) in [5.74, 6) is -0.347. The molecule has 1 aromatic heterocycles. The lowest BCUT2D eigenvalue weighted by Gasteiger charge is -2.35. The molecular formula is C23H32ClN5O3S. The summed E-state index contributed by atoms with van der Waals surface area (Å²) < 4.78 is 30.1. The number of carbonyl (C=O) groups is 1. The molecule has 1 amide bonds. The lowest BCUT2D eigenvalue weighted by molar-refractivity contribution is 0.0924. The maximum Gasteiger partial charge on any atom is 0.263 e. The van der Waals surface area contributed by atoms with Gasteiger partial charge >= 0.3 is 0 Å². The third-order valence-corrected chi connectivity index (χ3v) is 8.43. The predicted molar refractivity (Wildman–Crippen MR) is 129 cm³/mol. The molecule has 0 atom stereocenters. The maximum atomic E-state index is 13.6. The molecule has 1 aliphatic carbocycles. The van der Waals surface area contributed by atoms with Crippen molar-refractivity contribution in [3.8, 4) is 0 Å². The second kappa shape index (κ2) is 10.4. The van der Waals surface area contributed by atoms with Crippen molar-refractivity contribution in [3.63, 3.8) is 0 Å². The molecule has 8 nitrogen and oxygen atoms in total. The van der Waals surface area contributed by atoms with Crippen molar-refractivity contribution in [2.75, 3.05) is 31.1 Å². The molecular weight excluding hydrogens is 462 g/mol. The van der Waals surface area contributed by atoms with Gasteiger partial charge < -0.3 is 10.2 Å². The second-order valence-electron chi connectivity index (χ2n) is 8.79. The van der Waals surface area contributed by atoms with E-state index in [0.717, 1.165) is 37.8 Å². The Morgan fingerprint density at radius 1 is 1.15 bits per heavy atom. The van der Waals surface area contributed by atoms with E-state index in [9.17, 15) is 13.2 Å². The van der Waals surface area contributed by atoms with Crippen LogP contribution in [0.5, 0.6) is 0 Å². The van der Waals surface area contributed by atoms with Crippen LogP contribution in [0.2, 0.25) is 5.02 Å². The van der Waals surface area contributed by atoms with Crippen molar-refractivity contribution in [2.45, 2.75) is 63.1 Å². The summed E-state index contributed by atoms with van der Waals surface area (Å²) in [6.07, 6.45) is 7.59. The standard InChI is InChI=1S/C23H32ClN5O3S/c1-2-11-28-17-21(22(30)25-19-8-4-3-5-9-19)23(26-28)33(31,32)29-14-12-27(13-15-29)20-10-6-7-18(24)16-20/h6-7,10,16-17,19H,2-5,8-9,11-15H2,1H3,(H,25,30). The number of hydrogen-bond donors (Lipinski definition) is 1. The van der Waals surface area contributed by atoms with Gasteiger partial charge in [0, 0.05) is 55.7 Å². The zero-order valence-corrected chi connectivity index (χ0v) is 20.6. The van der Waals surface area contributed by atoms with Crippen LogP contribution in [0.25, 0.3) is 0 Å². The SMILES string of the molecule is CCCn1cc(C(=O)NC2CCCCC2)c(S(=O)(=O)N2CCN(c3cccc(Cl)c3)CC2)n1. The molecule has 2 aromatic rings. The number of sulfonamides is 1. The molecule has 2 heterocycles. The van der Waals surface area contributed by atoms with Crippen LogP contribution < -0.4 is 10.2 Å². The van der Waals surface area contributed by atoms with Crippen LogP contribution >= 0.6 is 11.6 Å². The molecule has 1 aliphatic heterocycles. The molecule has 180 valence electrons. The van der Waals surface area contributed by atoms with Gasteiger partial charge in [0.2, 0.25) is 5.03 Å². The largest absolute Gasteiger partial charge is 0.369 e. The lowest BCUT2D eigenvalue weighted by Crippen LogP contribution is -2.49. The Morgan fingerprint density at radius 3 is 2.55 bits per heavy atom. The molecule has 1 saturated heterocycles. The number of piperazine rings is 1. The van der Waals surface area contributed by atoms with Crippen molar-refractivity contribution in [3.05, 3.63) is 41.0 Å². The van der Waals surface area contributed by atoms with E-state index >= 15 is 0 Å². The highest BCUT2D eigenvalue weighted by Crippen LogP contribution is 2.25. The molecule has 4 rings (SSSR count). The first-order valence-corrected chi connectivity index (χ1v) is 13.6. The van der Waals surface area contributed by atoms with Crippen molar-refractivity contribution >= 4 is 33.2 Å². The fourth-order valence-electron chi connectivity index (χ4n) is 4.59. The van der Waals surface area contributed by atoms with Crippen molar-refractivity contribution in [2.24, 2.45) is 0 Å². The quantitative estimate of drug-likeness (QED) is 0.637. The van der Waals surface area contributed by atoms with E-state index in [4.69, 9.17) is 11.6 Å². The number of nitrogens with zero attached hydrogens (tertiary/aromatic N) is 4. The van der Waals surface area contributed by atoms with Gasteiger partial charge in [0.25, 0.3) is 15.9 Å². The summed E-state index contributed by atoms with van der Waals surface area (Å²) >= 11 is 6.11. The Morgan fingerprint density at radius 2 is 1.88 bits per heavy atom. The smallest absolute Gasteiger partial charge is 0.263 e.